The van der Waals surface area contributed by atoms with Gasteiger partial charge in [-0.2, -0.15) is 0 Å². The van der Waals surface area contributed by atoms with Gasteiger partial charge in [-0.3, -0.25) is 4.40 Å². The third-order valence-corrected chi connectivity index (χ3v) is 5.44. The predicted molar refractivity (Wildman–Crippen MR) is 97.7 cm³/mol. The fraction of sp³-hybridized carbons (Fsp3) is 0.0556. The van der Waals surface area contributed by atoms with Crippen LogP contribution in [0.1, 0.15) is 10.4 Å². The van der Waals surface area contributed by atoms with Gasteiger partial charge in [0.15, 0.2) is 4.96 Å². The standard InChI is InChI=1S/C18H11Cl2FN2S/c19-15-6-1-11(8-16(15)20)7-14-9-23-10-17(22-18(23)24-14)12-2-4-13(21)5-3-12/h1-6,8-10H,7H2. The Kier molecular flexibility index (Phi) is 4.04. The van der Waals surface area contributed by atoms with Crippen LogP contribution in [-0.2, 0) is 6.42 Å². The predicted octanol–water partition coefficient (Wildman–Crippen LogP) is 6.10. The van der Waals surface area contributed by atoms with E-state index in [1.54, 1.807) is 23.5 Å². The molecule has 0 amide bonds. The molecule has 0 bridgehead atoms. The molecule has 0 aliphatic carbocycles. The number of fused-ring (bicyclic) bond motifs is 1. The number of aromatic nitrogens is 2. The molecule has 0 fully saturated rings. The number of hydrogen-bond acceptors (Lipinski definition) is 2. The Bertz CT molecular complexity index is 990. The molecule has 0 saturated heterocycles. The van der Waals surface area contributed by atoms with E-state index in [2.05, 4.69) is 11.2 Å². The topological polar surface area (TPSA) is 17.3 Å². The second kappa shape index (κ2) is 6.20. The average Bonchev–Trinajstić information content (AvgIpc) is 3.10. The van der Waals surface area contributed by atoms with Crippen molar-refractivity contribution in [1.82, 2.24) is 9.38 Å². The van der Waals surface area contributed by atoms with Crippen molar-refractivity contribution in [2.45, 2.75) is 6.42 Å². The van der Waals surface area contributed by atoms with Crippen LogP contribution < -0.4 is 0 Å². The summed E-state index contributed by atoms with van der Waals surface area (Å²) in [7, 11) is 0. The van der Waals surface area contributed by atoms with E-state index in [0.29, 0.717) is 10.0 Å². The van der Waals surface area contributed by atoms with Crippen molar-refractivity contribution >= 4 is 39.5 Å². The van der Waals surface area contributed by atoms with Crippen LogP contribution in [0.2, 0.25) is 10.0 Å². The van der Waals surface area contributed by atoms with E-state index in [1.807, 2.05) is 28.8 Å². The van der Waals surface area contributed by atoms with Crippen molar-refractivity contribution in [3.05, 3.63) is 81.2 Å². The normalized spacial score (nSPS) is 11.3. The summed E-state index contributed by atoms with van der Waals surface area (Å²) in [5.74, 6) is -0.247. The minimum absolute atomic E-state index is 0.247. The number of nitrogens with zero attached hydrogens (tertiary/aromatic N) is 2. The first-order valence-corrected chi connectivity index (χ1v) is 8.83. The molecule has 2 nitrogen and oxygen atoms in total. The first-order chi connectivity index (χ1) is 11.6. The fourth-order valence-corrected chi connectivity index (χ4v) is 3.85. The molecule has 2 heterocycles. The maximum absolute atomic E-state index is 13.0. The van der Waals surface area contributed by atoms with Crippen molar-refractivity contribution in [1.29, 1.82) is 0 Å². The summed E-state index contributed by atoms with van der Waals surface area (Å²) < 4.78 is 15.0. The SMILES string of the molecule is Fc1ccc(-c2cn3cc(Cc4ccc(Cl)c(Cl)c4)sc3n2)cc1. The molecular formula is C18H11Cl2FN2S. The lowest BCUT2D eigenvalue weighted by atomic mass is 10.1. The number of rotatable bonds is 3. The second-order valence-corrected chi connectivity index (χ2v) is 7.35. The molecule has 24 heavy (non-hydrogen) atoms. The Balaban J connectivity index is 1.61. The summed E-state index contributed by atoms with van der Waals surface area (Å²) in [6, 6.07) is 12.0. The molecule has 0 aliphatic rings. The smallest absolute Gasteiger partial charge is 0.194 e. The highest BCUT2D eigenvalue weighted by Gasteiger charge is 2.09. The zero-order valence-corrected chi connectivity index (χ0v) is 14.7. The quantitative estimate of drug-likeness (QED) is 0.422. The van der Waals surface area contributed by atoms with E-state index in [-0.39, 0.29) is 5.82 Å². The summed E-state index contributed by atoms with van der Waals surface area (Å²) in [6.07, 6.45) is 4.79. The van der Waals surface area contributed by atoms with Crippen LogP contribution in [-0.4, -0.2) is 9.38 Å². The van der Waals surface area contributed by atoms with Gasteiger partial charge in [0.2, 0.25) is 0 Å². The minimum atomic E-state index is -0.247. The van der Waals surface area contributed by atoms with Crippen LogP contribution in [0, 0.1) is 5.82 Å². The lowest BCUT2D eigenvalue weighted by Crippen LogP contribution is -1.85. The number of benzene rings is 2. The van der Waals surface area contributed by atoms with Crippen LogP contribution in [0.15, 0.2) is 54.9 Å². The van der Waals surface area contributed by atoms with Gasteiger partial charge in [0.05, 0.1) is 15.7 Å². The highest BCUT2D eigenvalue weighted by Crippen LogP contribution is 2.28. The van der Waals surface area contributed by atoms with Crippen molar-refractivity contribution < 1.29 is 4.39 Å². The molecule has 4 rings (SSSR count). The van der Waals surface area contributed by atoms with Gasteiger partial charge in [0.1, 0.15) is 5.82 Å². The van der Waals surface area contributed by atoms with E-state index < -0.39 is 0 Å². The molecule has 6 heteroatoms. The zero-order chi connectivity index (χ0) is 16.7. The van der Waals surface area contributed by atoms with Crippen molar-refractivity contribution in [3.8, 4) is 11.3 Å². The summed E-state index contributed by atoms with van der Waals surface area (Å²) in [4.78, 5) is 6.71. The first kappa shape index (κ1) is 15.6. The molecule has 0 N–H and O–H groups in total. The molecule has 120 valence electrons. The molecular weight excluding hydrogens is 366 g/mol. The Hall–Kier alpha value is -1.88. The van der Waals surface area contributed by atoms with Gasteiger partial charge < -0.3 is 0 Å². The third kappa shape index (κ3) is 3.05. The lowest BCUT2D eigenvalue weighted by molar-refractivity contribution is 0.628. The van der Waals surface area contributed by atoms with E-state index in [1.165, 1.54) is 17.0 Å². The molecule has 0 atom stereocenters. The maximum Gasteiger partial charge on any atom is 0.194 e. The number of halogens is 3. The van der Waals surface area contributed by atoms with Crippen LogP contribution >= 0.6 is 34.5 Å². The van der Waals surface area contributed by atoms with Gasteiger partial charge in [-0.1, -0.05) is 29.3 Å². The number of imidazole rings is 1. The van der Waals surface area contributed by atoms with E-state index in [4.69, 9.17) is 23.2 Å². The van der Waals surface area contributed by atoms with Crippen LogP contribution in [0.3, 0.4) is 0 Å². The molecule has 0 aliphatic heterocycles. The molecule has 2 aromatic heterocycles. The molecule has 0 saturated carbocycles. The van der Waals surface area contributed by atoms with Gasteiger partial charge in [-0.05, 0) is 42.0 Å². The van der Waals surface area contributed by atoms with Crippen molar-refractivity contribution in [2.24, 2.45) is 0 Å². The monoisotopic (exact) mass is 376 g/mol. The highest BCUT2D eigenvalue weighted by molar-refractivity contribution is 7.17. The largest absolute Gasteiger partial charge is 0.297 e. The van der Waals surface area contributed by atoms with Gasteiger partial charge in [-0.15, -0.1) is 11.3 Å². The lowest BCUT2D eigenvalue weighted by Gasteiger charge is -2.01. The Morgan fingerprint density at radius 1 is 1.00 bits per heavy atom. The van der Waals surface area contributed by atoms with Crippen molar-refractivity contribution in [2.75, 3.05) is 0 Å². The minimum Gasteiger partial charge on any atom is -0.297 e. The number of thiazole rings is 1. The van der Waals surface area contributed by atoms with Crippen LogP contribution in [0.5, 0.6) is 0 Å². The Morgan fingerprint density at radius 2 is 1.79 bits per heavy atom. The third-order valence-electron chi connectivity index (χ3n) is 3.71. The number of hydrogen-bond donors (Lipinski definition) is 0. The second-order valence-electron chi connectivity index (χ2n) is 5.45. The van der Waals surface area contributed by atoms with E-state index in [0.717, 1.165) is 28.2 Å². The molecule has 0 unspecified atom stereocenters. The molecule has 0 radical (unpaired) electrons. The fourth-order valence-electron chi connectivity index (χ4n) is 2.54. The average molecular weight is 377 g/mol. The van der Waals surface area contributed by atoms with Crippen LogP contribution in [0.25, 0.3) is 16.2 Å². The van der Waals surface area contributed by atoms with Crippen molar-refractivity contribution in [3.63, 3.8) is 0 Å². The summed E-state index contributed by atoms with van der Waals surface area (Å²) in [6.45, 7) is 0. The molecule has 0 spiro atoms. The Morgan fingerprint density at radius 3 is 2.50 bits per heavy atom. The van der Waals surface area contributed by atoms with Gasteiger partial charge in [-0.25, -0.2) is 9.37 Å². The summed E-state index contributed by atoms with van der Waals surface area (Å²) in [5.41, 5.74) is 2.84. The zero-order valence-electron chi connectivity index (χ0n) is 12.3. The highest BCUT2D eigenvalue weighted by atomic mass is 35.5. The Labute approximate surface area is 152 Å². The van der Waals surface area contributed by atoms with Gasteiger partial charge in [0.25, 0.3) is 0 Å². The van der Waals surface area contributed by atoms with E-state index >= 15 is 0 Å². The molecule has 2 aromatic carbocycles. The summed E-state index contributed by atoms with van der Waals surface area (Å²) in [5, 5.41) is 1.12. The first-order valence-electron chi connectivity index (χ1n) is 7.26. The summed E-state index contributed by atoms with van der Waals surface area (Å²) >= 11 is 13.6. The molecule has 4 aromatic rings. The maximum atomic E-state index is 13.0. The van der Waals surface area contributed by atoms with Crippen LogP contribution in [0.4, 0.5) is 4.39 Å². The van der Waals surface area contributed by atoms with E-state index in [9.17, 15) is 4.39 Å². The van der Waals surface area contributed by atoms with Gasteiger partial charge in [0, 0.05) is 29.3 Å². The van der Waals surface area contributed by atoms with Gasteiger partial charge >= 0.3 is 0 Å².